The standard InChI is InChI=1S/C15H16N2O3/c1-20-15(19)12-9-16-13-5-4-10(8-11(13)14(12)18)17-6-2-3-7-17/h4-5,8-9H,2-3,6-7H2,1H3,(H,16,18). The van der Waals surface area contributed by atoms with E-state index in [1.807, 2.05) is 18.2 Å². The first kappa shape index (κ1) is 12.7. The lowest BCUT2D eigenvalue weighted by atomic mass is 10.1. The summed E-state index contributed by atoms with van der Waals surface area (Å²) in [4.78, 5) is 29.2. The Balaban J connectivity index is 2.13. The molecule has 104 valence electrons. The molecule has 0 unspecified atom stereocenters. The highest BCUT2D eigenvalue weighted by molar-refractivity contribution is 5.94. The van der Waals surface area contributed by atoms with E-state index in [0.717, 1.165) is 24.3 Å². The minimum atomic E-state index is -0.611. The number of nitrogens with one attached hydrogen (secondary N) is 1. The van der Waals surface area contributed by atoms with Gasteiger partial charge in [0.2, 0.25) is 5.43 Å². The SMILES string of the molecule is COC(=O)c1c[nH]c2ccc(N3CCCC3)cc2c1=O. The van der Waals surface area contributed by atoms with Crippen molar-refractivity contribution in [2.45, 2.75) is 12.8 Å². The highest BCUT2D eigenvalue weighted by atomic mass is 16.5. The fourth-order valence-electron chi connectivity index (χ4n) is 2.64. The van der Waals surface area contributed by atoms with Crippen molar-refractivity contribution in [2.75, 3.05) is 25.1 Å². The van der Waals surface area contributed by atoms with Gasteiger partial charge in [0.05, 0.1) is 7.11 Å². The number of benzene rings is 1. The van der Waals surface area contributed by atoms with Gasteiger partial charge in [-0.2, -0.15) is 0 Å². The van der Waals surface area contributed by atoms with Gasteiger partial charge in [-0.05, 0) is 31.0 Å². The Kier molecular flexibility index (Phi) is 3.18. The molecule has 1 aliphatic heterocycles. The molecular formula is C15H16N2O3. The number of aromatic nitrogens is 1. The van der Waals surface area contributed by atoms with Crippen molar-refractivity contribution >= 4 is 22.6 Å². The lowest BCUT2D eigenvalue weighted by Crippen LogP contribution is -2.19. The topological polar surface area (TPSA) is 62.4 Å². The molecule has 2 heterocycles. The summed E-state index contributed by atoms with van der Waals surface area (Å²) in [5.74, 6) is -0.611. The van der Waals surface area contributed by atoms with E-state index in [9.17, 15) is 9.59 Å². The molecule has 3 rings (SSSR count). The molecule has 1 fully saturated rings. The van der Waals surface area contributed by atoms with E-state index in [-0.39, 0.29) is 11.0 Å². The van der Waals surface area contributed by atoms with Gasteiger partial charge in [0.25, 0.3) is 0 Å². The Bertz CT molecular complexity index is 715. The van der Waals surface area contributed by atoms with Crippen LogP contribution in [0.2, 0.25) is 0 Å². The molecule has 0 amide bonds. The summed E-state index contributed by atoms with van der Waals surface area (Å²) in [6.45, 7) is 2.03. The van der Waals surface area contributed by atoms with Gasteiger partial charge in [0.1, 0.15) is 5.56 Å². The van der Waals surface area contributed by atoms with Crippen molar-refractivity contribution in [3.05, 3.63) is 40.2 Å². The molecule has 0 aliphatic carbocycles. The first-order valence-corrected chi connectivity index (χ1v) is 6.69. The average Bonchev–Trinajstić information content (AvgIpc) is 3.01. The number of hydrogen-bond donors (Lipinski definition) is 1. The van der Waals surface area contributed by atoms with Crippen LogP contribution >= 0.6 is 0 Å². The summed E-state index contributed by atoms with van der Waals surface area (Å²) in [5, 5.41) is 0.525. The van der Waals surface area contributed by atoms with Crippen LogP contribution in [0.5, 0.6) is 0 Å². The molecule has 20 heavy (non-hydrogen) atoms. The number of H-pyrrole nitrogens is 1. The second kappa shape index (κ2) is 5.00. The quantitative estimate of drug-likeness (QED) is 0.848. The Hall–Kier alpha value is -2.30. The van der Waals surface area contributed by atoms with Gasteiger partial charge in [-0.1, -0.05) is 0 Å². The average molecular weight is 272 g/mol. The van der Waals surface area contributed by atoms with Crippen LogP contribution in [-0.2, 0) is 4.74 Å². The highest BCUT2D eigenvalue weighted by Crippen LogP contribution is 2.23. The molecule has 1 aromatic heterocycles. The number of esters is 1. The summed E-state index contributed by atoms with van der Waals surface area (Å²) in [7, 11) is 1.27. The van der Waals surface area contributed by atoms with Crippen LogP contribution < -0.4 is 10.3 Å². The van der Waals surface area contributed by atoms with Gasteiger partial charge < -0.3 is 14.6 Å². The van der Waals surface area contributed by atoms with Crippen LogP contribution in [0, 0.1) is 0 Å². The van der Waals surface area contributed by atoms with Crippen LogP contribution in [0.3, 0.4) is 0 Å². The van der Waals surface area contributed by atoms with E-state index in [1.54, 1.807) is 0 Å². The van der Waals surface area contributed by atoms with Crippen molar-refractivity contribution in [3.63, 3.8) is 0 Å². The minimum Gasteiger partial charge on any atom is -0.465 e. The second-order valence-electron chi connectivity index (χ2n) is 4.95. The summed E-state index contributed by atoms with van der Waals surface area (Å²) in [5.41, 5.74) is 1.51. The Morgan fingerprint density at radius 1 is 1.30 bits per heavy atom. The molecule has 0 spiro atoms. The van der Waals surface area contributed by atoms with Gasteiger partial charge in [-0.15, -0.1) is 0 Å². The third-order valence-electron chi connectivity index (χ3n) is 3.74. The number of ether oxygens (including phenoxy) is 1. The molecule has 0 saturated carbocycles. The van der Waals surface area contributed by atoms with Crippen LogP contribution in [0.15, 0.2) is 29.2 Å². The van der Waals surface area contributed by atoms with Gasteiger partial charge in [0.15, 0.2) is 0 Å². The van der Waals surface area contributed by atoms with E-state index in [2.05, 4.69) is 14.6 Å². The summed E-state index contributed by atoms with van der Waals surface area (Å²) in [6, 6.07) is 5.73. The molecule has 1 saturated heterocycles. The maximum Gasteiger partial charge on any atom is 0.343 e. The maximum atomic E-state index is 12.4. The molecule has 2 aromatic rings. The first-order valence-electron chi connectivity index (χ1n) is 6.69. The van der Waals surface area contributed by atoms with Crippen molar-refractivity contribution in [2.24, 2.45) is 0 Å². The maximum absolute atomic E-state index is 12.4. The van der Waals surface area contributed by atoms with E-state index in [4.69, 9.17) is 0 Å². The van der Waals surface area contributed by atoms with Gasteiger partial charge in [-0.3, -0.25) is 4.79 Å². The molecule has 5 heteroatoms. The van der Waals surface area contributed by atoms with Crippen LogP contribution in [0.1, 0.15) is 23.2 Å². The number of methoxy groups -OCH3 is 1. The third-order valence-corrected chi connectivity index (χ3v) is 3.74. The van der Waals surface area contributed by atoms with Gasteiger partial charge in [0, 0.05) is 35.9 Å². The number of carbonyl (C=O) groups excluding carboxylic acids is 1. The fourth-order valence-corrected chi connectivity index (χ4v) is 2.64. The van der Waals surface area contributed by atoms with Crippen molar-refractivity contribution in [1.82, 2.24) is 4.98 Å². The summed E-state index contributed by atoms with van der Waals surface area (Å²) in [6.07, 6.45) is 3.76. The number of nitrogens with zero attached hydrogens (tertiary/aromatic N) is 1. The molecule has 1 aromatic carbocycles. The van der Waals surface area contributed by atoms with Crippen molar-refractivity contribution in [3.8, 4) is 0 Å². The predicted molar refractivity (Wildman–Crippen MR) is 77.4 cm³/mol. The number of rotatable bonds is 2. The molecule has 1 aliphatic rings. The molecule has 0 radical (unpaired) electrons. The second-order valence-corrected chi connectivity index (χ2v) is 4.95. The largest absolute Gasteiger partial charge is 0.465 e. The van der Waals surface area contributed by atoms with Crippen molar-refractivity contribution < 1.29 is 9.53 Å². The third kappa shape index (κ3) is 2.05. The van der Waals surface area contributed by atoms with Crippen LogP contribution in [0.25, 0.3) is 10.9 Å². The van der Waals surface area contributed by atoms with Crippen LogP contribution in [-0.4, -0.2) is 31.2 Å². The molecule has 0 atom stereocenters. The lowest BCUT2D eigenvalue weighted by Gasteiger charge is -2.17. The monoisotopic (exact) mass is 272 g/mol. The number of anilines is 1. The smallest absolute Gasteiger partial charge is 0.343 e. The Morgan fingerprint density at radius 2 is 2.05 bits per heavy atom. The minimum absolute atomic E-state index is 0.0403. The molecular weight excluding hydrogens is 256 g/mol. The van der Waals surface area contributed by atoms with Gasteiger partial charge in [-0.25, -0.2) is 4.79 Å². The van der Waals surface area contributed by atoms with Gasteiger partial charge >= 0.3 is 5.97 Å². The number of fused-ring (bicyclic) bond motifs is 1. The fraction of sp³-hybridized carbons (Fsp3) is 0.333. The van der Waals surface area contributed by atoms with Crippen molar-refractivity contribution in [1.29, 1.82) is 0 Å². The van der Waals surface area contributed by atoms with E-state index in [1.165, 1.54) is 26.1 Å². The van der Waals surface area contributed by atoms with E-state index >= 15 is 0 Å². The number of pyridine rings is 1. The van der Waals surface area contributed by atoms with Crippen LogP contribution in [0.4, 0.5) is 5.69 Å². The molecule has 5 nitrogen and oxygen atoms in total. The van der Waals surface area contributed by atoms with E-state index in [0.29, 0.717) is 5.39 Å². The zero-order valence-electron chi connectivity index (χ0n) is 11.3. The number of aromatic amines is 1. The number of carbonyl (C=O) groups is 1. The zero-order chi connectivity index (χ0) is 14.1. The predicted octanol–water partition coefficient (Wildman–Crippen LogP) is 1.91. The number of hydrogen-bond acceptors (Lipinski definition) is 4. The normalized spacial score (nSPS) is 14.8. The lowest BCUT2D eigenvalue weighted by molar-refractivity contribution is 0.0599. The molecule has 0 bridgehead atoms. The highest BCUT2D eigenvalue weighted by Gasteiger charge is 2.16. The first-order chi connectivity index (χ1) is 9.70. The zero-order valence-corrected chi connectivity index (χ0v) is 11.3. The summed E-state index contributed by atoms with van der Waals surface area (Å²) < 4.78 is 4.63. The Labute approximate surface area is 116 Å². The molecule has 1 N–H and O–H groups in total. The van der Waals surface area contributed by atoms with E-state index < -0.39 is 5.97 Å². The Morgan fingerprint density at radius 3 is 2.75 bits per heavy atom. The summed E-state index contributed by atoms with van der Waals surface area (Å²) >= 11 is 0.